The zero-order valence-electron chi connectivity index (χ0n) is 13.7. The number of amides is 1. The summed E-state index contributed by atoms with van der Waals surface area (Å²) in [6.45, 7) is 0.551. The number of nitrogens with zero attached hydrogens (tertiary/aromatic N) is 2. The zero-order valence-corrected chi connectivity index (χ0v) is 14.5. The molecule has 0 radical (unpaired) electrons. The fraction of sp³-hybridized carbons (Fsp3) is 0.167. The number of carbonyl (C=O) groups excluding carboxylic acids is 1. The molecular formula is C18H18N4O2S. The van der Waals surface area contributed by atoms with E-state index in [4.69, 9.17) is 4.74 Å². The number of methoxy groups -OCH3 is 1. The Bertz CT molecular complexity index is 819. The number of hydrogen-bond acceptors (Lipinski definition) is 6. The van der Waals surface area contributed by atoms with E-state index < -0.39 is 0 Å². The largest absolute Gasteiger partial charge is 0.497 e. The maximum atomic E-state index is 12.2. The van der Waals surface area contributed by atoms with Crippen molar-refractivity contribution in [1.29, 1.82) is 0 Å². The number of benzene rings is 1. The first-order chi connectivity index (χ1) is 12.2. The number of nitrogens with one attached hydrogen (secondary N) is 2. The van der Waals surface area contributed by atoms with Crippen molar-refractivity contribution in [3.63, 3.8) is 0 Å². The summed E-state index contributed by atoms with van der Waals surface area (Å²) < 4.78 is 5.13. The number of anilines is 2. The van der Waals surface area contributed by atoms with Gasteiger partial charge in [-0.1, -0.05) is 12.1 Å². The molecule has 1 amide bonds. The van der Waals surface area contributed by atoms with Crippen LogP contribution in [-0.2, 0) is 6.42 Å². The lowest BCUT2D eigenvalue weighted by Crippen LogP contribution is -2.25. The summed E-state index contributed by atoms with van der Waals surface area (Å²) in [6.07, 6.45) is 4.15. The van der Waals surface area contributed by atoms with Gasteiger partial charge in [0.15, 0.2) is 5.13 Å². The lowest BCUT2D eigenvalue weighted by atomic mass is 10.1. The highest BCUT2D eigenvalue weighted by Gasteiger charge is 2.10. The van der Waals surface area contributed by atoms with E-state index in [-0.39, 0.29) is 5.91 Å². The van der Waals surface area contributed by atoms with Gasteiger partial charge >= 0.3 is 0 Å². The third-order valence-electron chi connectivity index (χ3n) is 3.53. The van der Waals surface area contributed by atoms with E-state index in [1.54, 1.807) is 24.9 Å². The number of thiazole rings is 1. The molecule has 0 aliphatic heterocycles. The molecule has 2 N–H and O–H groups in total. The standard InChI is InChI=1S/C18H18N4O2S/c1-24-15-4-2-13(3-5-15)6-11-20-17(23)16-12-25-18(22-16)21-14-7-9-19-10-8-14/h2-5,7-10,12H,6,11H2,1H3,(H,20,23)(H,19,21,22). The van der Waals surface area contributed by atoms with Gasteiger partial charge in [-0.3, -0.25) is 9.78 Å². The molecule has 2 heterocycles. The summed E-state index contributed by atoms with van der Waals surface area (Å²) in [5, 5.41) is 8.45. The van der Waals surface area contributed by atoms with E-state index in [0.717, 1.165) is 23.4 Å². The predicted molar refractivity (Wildman–Crippen MR) is 98.7 cm³/mol. The monoisotopic (exact) mass is 354 g/mol. The minimum absolute atomic E-state index is 0.174. The minimum Gasteiger partial charge on any atom is -0.497 e. The minimum atomic E-state index is -0.174. The number of rotatable bonds is 7. The summed E-state index contributed by atoms with van der Waals surface area (Å²) in [5.41, 5.74) is 2.44. The van der Waals surface area contributed by atoms with Crippen LogP contribution in [0.25, 0.3) is 0 Å². The Balaban J connectivity index is 1.49. The molecule has 0 saturated heterocycles. The highest BCUT2D eigenvalue weighted by atomic mass is 32.1. The predicted octanol–water partition coefficient (Wildman–Crippen LogP) is 3.26. The molecule has 0 saturated carbocycles. The van der Waals surface area contributed by atoms with Gasteiger partial charge in [0.1, 0.15) is 11.4 Å². The van der Waals surface area contributed by atoms with E-state index in [9.17, 15) is 4.79 Å². The molecule has 0 aliphatic rings. The van der Waals surface area contributed by atoms with Crippen molar-refractivity contribution in [3.05, 3.63) is 65.4 Å². The Kier molecular flexibility index (Phi) is 5.58. The third kappa shape index (κ3) is 4.77. The number of aromatic nitrogens is 2. The smallest absolute Gasteiger partial charge is 0.270 e. The number of pyridine rings is 1. The van der Waals surface area contributed by atoms with Crippen molar-refractivity contribution in [2.24, 2.45) is 0 Å². The molecule has 7 heteroatoms. The molecule has 0 bridgehead atoms. The Morgan fingerprint density at radius 1 is 1.16 bits per heavy atom. The molecule has 3 aromatic rings. The van der Waals surface area contributed by atoms with Gasteiger partial charge < -0.3 is 15.4 Å². The molecule has 128 valence electrons. The van der Waals surface area contributed by atoms with Crippen LogP contribution in [0.2, 0.25) is 0 Å². The molecule has 0 atom stereocenters. The SMILES string of the molecule is COc1ccc(CCNC(=O)c2csc(Nc3ccncc3)n2)cc1. The quantitative estimate of drug-likeness (QED) is 0.681. The van der Waals surface area contributed by atoms with Crippen LogP contribution in [0, 0.1) is 0 Å². The van der Waals surface area contributed by atoms with Crippen molar-refractivity contribution < 1.29 is 9.53 Å². The van der Waals surface area contributed by atoms with Crippen LogP contribution in [-0.4, -0.2) is 29.5 Å². The van der Waals surface area contributed by atoms with E-state index in [0.29, 0.717) is 17.4 Å². The number of ether oxygens (including phenoxy) is 1. The summed E-state index contributed by atoms with van der Waals surface area (Å²) in [7, 11) is 1.64. The number of hydrogen-bond donors (Lipinski definition) is 2. The van der Waals surface area contributed by atoms with E-state index in [2.05, 4.69) is 20.6 Å². The second kappa shape index (κ2) is 8.25. The third-order valence-corrected chi connectivity index (χ3v) is 4.28. The van der Waals surface area contributed by atoms with Crippen molar-refractivity contribution >= 4 is 28.1 Å². The fourth-order valence-corrected chi connectivity index (χ4v) is 2.91. The van der Waals surface area contributed by atoms with Gasteiger partial charge in [0.2, 0.25) is 0 Å². The Morgan fingerprint density at radius 3 is 2.64 bits per heavy atom. The highest BCUT2D eigenvalue weighted by molar-refractivity contribution is 7.14. The zero-order chi connectivity index (χ0) is 17.5. The van der Waals surface area contributed by atoms with Gasteiger partial charge in [-0.15, -0.1) is 11.3 Å². The molecule has 0 fully saturated rings. The molecule has 3 rings (SSSR count). The average molecular weight is 354 g/mol. The van der Waals surface area contributed by atoms with Crippen LogP contribution in [0.1, 0.15) is 16.1 Å². The summed E-state index contributed by atoms with van der Waals surface area (Å²) >= 11 is 1.39. The van der Waals surface area contributed by atoms with E-state index in [1.165, 1.54) is 11.3 Å². The van der Waals surface area contributed by atoms with Crippen molar-refractivity contribution in [3.8, 4) is 5.75 Å². The summed E-state index contributed by atoms with van der Waals surface area (Å²) in [5.74, 6) is 0.650. The van der Waals surface area contributed by atoms with Gasteiger partial charge in [-0.2, -0.15) is 0 Å². The number of carbonyl (C=O) groups is 1. The van der Waals surface area contributed by atoms with Crippen molar-refractivity contribution in [1.82, 2.24) is 15.3 Å². The first-order valence-corrected chi connectivity index (χ1v) is 8.66. The van der Waals surface area contributed by atoms with Crippen LogP contribution in [0.4, 0.5) is 10.8 Å². The summed E-state index contributed by atoms with van der Waals surface area (Å²) in [4.78, 5) is 20.4. The van der Waals surface area contributed by atoms with E-state index >= 15 is 0 Å². The maximum Gasteiger partial charge on any atom is 0.270 e. The topological polar surface area (TPSA) is 76.1 Å². The second-order valence-electron chi connectivity index (χ2n) is 5.25. The second-order valence-corrected chi connectivity index (χ2v) is 6.11. The molecule has 6 nitrogen and oxygen atoms in total. The molecule has 0 aliphatic carbocycles. The lowest BCUT2D eigenvalue weighted by molar-refractivity contribution is 0.0950. The van der Waals surface area contributed by atoms with Gasteiger partial charge in [-0.25, -0.2) is 4.98 Å². The molecule has 0 unspecified atom stereocenters. The first kappa shape index (κ1) is 16.9. The van der Waals surface area contributed by atoms with Crippen molar-refractivity contribution in [2.75, 3.05) is 19.0 Å². The van der Waals surface area contributed by atoms with Crippen LogP contribution in [0.5, 0.6) is 5.75 Å². The Labute approximate surface area is 149 Å². The van der Waals surface area contributed by atoms with Crippen LogP contribution < -0.4 is 15.4 Å². The van der Waals surface area contributed by atoms with Gasteiger partial charge in [-0.05, 0) is 36.2 Å². The molecular weight excluding hydrogens is 336 g/mol. The van der Waals surface area contributed by atoms with Crippen LogP contribution in [0.15, 0.2) is 54.2 Å². The summed E-state index contributed by atoms with van der Waals surface area (Å²) in [6, 6.07) is 11.5. The Morgan fingerprint density at radius 2 is 1.92 bits per heavy atom. The normalized spacial score (nSPS) is 10.3. The highest BCUT2D eigenvalue weighted by Crippen LogP contribution is 2.20. The van der Waals surface area contributed by atoms with Crippen LogP contribution >= 0.6 is 11.3 Å². The Hall–Kier alpha value is -2.93. The van der Waals surface area contributed by atoms with E-state index in [1.807, 2.05) is 36.4 Å². The molecule has 2 aromatic heterocycles. The van der Waals surface area contributed by atoms with Crippen molar-refractivity contribution in [2.45, 2.75) is 6.42 Å². The van der Waals surface area contributed by atoms with Gasteiger partial charge in [0, 0.05) is 30.0 Å². The fourth-order valence-electron chi connectivity index (χ4n) is 2.20. The molecule has 25 heavy (non-hydrogen) atoms. The lowest BCUT2D eigenvalue weighted by Gasteiger charge is -2.05. The maximum absolute atomic E-state index is 12.2. The average Bonchev–Trinajstić information content (AvgIpc) is 3.12. The molecule has 1 aromatic carbocycles. The van der Waals surface area contributed by atoms with Gasteiger partial charge in [0.05, 0.1) is 7.11 Å². The van der Waals surface area contributed by atoms with Crippen LogP contribution in [0.3, 0.4) is 0 Å². The molecule has 0 spiro atoms. The first-order valence-electron chi connectivity index (χ1n) is 7.78. The van der Waals surface area contributed by atoms with Gasteiger partial charge in [0.25, 0.3) is 5.91 Å².